The number of aromatic nitrogens is 3. The number of nitrogens with zero attached hydrogens (tertiary/aromatic N) is 3. The summed E-state index contributed by atoms with van der Waals surface area (Å²) >= 11 is 0. The van der Waals surface area contributed by atoms with Gasteiger partial charge >= 0.3 is 0 Å². The van der Waals surface area contributed by atoms with Gasteiger partial charge < -0.3 is 10.2 Å². The highest BCUT2D eigenvalue weighted by Crippen LogP contribution is 2.18. The highest BCUT2D eigenvalue weighted by molar-refractivity contribution is 5.60. The van der Waals surface area contributed by atoms with E-state index in [1.165, 1.54) is 0 Å². The molecule has 21 heavy (non-hydrogen) atoms. The van der Waals surface area contributed by atoms with Crippen LogP contribution in [0.4, 0.5) is 0 Å². The lowest BCUT2D eigenvalue weighted by Gasteiger charge is -2.17. The Labute approximate surface area is 126 Å². The molecule has 1 aromatic heterocycles. The minimum absolute atomic E-state index is 0.749. The van der Waals surface area contributed by atoms with Crippen molar-refractivity contribution in [3.05, 3.63) is 36.0 Å². The Morgan fingerprint density at radius 3 is 2.57 bits per heavy atom. The maximum absolute atomic E-state index is 4.26. The molecule has 0 atom stereocenters. The summed E-state index contributed by atoms with van der Waals surface area (Å²) in [6.45, 7) is 9.55. The van der Waals surface area contributed by atoms with Gasteiger partial charge in [-0.25, -0.2) is 0 Å². The summed E-state index contributed by atoms with van der Waals surface area (Å²) in [4.78, 5) is 2.44. The fraction of sp³-hybridized carbons (Fsp3) is 0.500. The van der Waals surface area contributed by atoms with Crippen LogP contribution in [0.5, 0.6) is 0 Å². The van der Waals surface area contributed by atoms with Crippen LogP contribution in [0.15, 0.2) is 30.3 Å². The van der Waals surface area contributed by atoms with E-state index in [1.54, 1.807) is 0 Å². The first kappa shape index (κ1) is 15.7. The van der Waals surface area contributed by atoms with Crippen LogP contribution in [0.1, 0.15) is 26.0 Å². The minimum Gasteiger partial charge on any atom is -0.311 e. The maximum atomic E-state index is 4.26. The van der Waals surface area contributed by atoms with Crippen LogP contribution in [0.2, 0.25) is 0 Å². The predicted octanol–water partition coefficient (Wildman–Crippen LogP) is 2.29. The van der Waals surface area contributed by atoms with Crippen LogP contribution in [-0.4, -0.2) is 46.5 Å². The molecule has 2 rings (SSSR count). The van der Waals surface area contributed by atoms with Crippen molar-refractivity contribution in [1.29, 1.82) is 0 Å². The first-order valence-electron chi connectivity index (χ1n) is 7.73. The molecule has 0 spiro atoms. The van der Waals surface area contributed by atoms with Gasteiger partial charge in [0.1, 0.15) is 11.4 Å². The van der Waals surface area contributed by atoms with Crippen LogP contribution in [0, 0.1) is 0 Å². The fourth-order valence-electron chi connectivity index (χ4n) is 2.38. The van der Waals surface area contributed by atoms with Crippen molar-refractivity contribution < 1.29 is 0 Å². The summed E-state index contributed by atoms with van der Waals surface area (Å²) in [5, 5.41) is 14.7. The van der Waals surface area contributed by atoms with Gasteiger partial charge in [0.2, 0.25) is 0 Å². The van der Waals surface area contributed by atoms with Gasteiger partial charge in [-0.2, -0.15) is 15.4 Å². The van der Waals surface area contributed by atoms with Gasteiger partial charge in [-0.3, -0.25) is 0 Å². The van der Waals surface area contributed by atoms with Crippen molar-refractivity contribution in [2.45, 2.75) is 26.8 Å². The molecule has 1 heterocycles. The quantitative estimate of drug-likeness (QED) is 0.695. The third kappa shape index (κ3) is 4.65. The molecule has 0 aliphatic carbocycles. The van der Waals surface area contributed by atoms with E-state index in [9.17, 15) is 0 Å². The Morgan fingerprint density at radius 1 is 1.10 bits per heavy atom. The Morgan fingerprint density at radius 2 is 1.86 bits per heavy atom. The van der Waals surface area contributed by atoms with Gasteiger partial charge in [0.25, 0.3) is 0 Å². The lowest BCUT2D eigenvalue weighted by molar-refractivity contribution is 0.298. The topological polar surface area (TPSA) is 56.8 Å². The van der Waals surface area contributed by atoms with Crippen LogP contribution < -0.4 is 5.32 Å². The molecule has 1 aromatic carbocycles. The Balaban J connectivity index is 1.79. The zero-order chi connectivity index (χ0) is 14.9. The number of hydrogen-bond acceptors (Lipinski definition) is 4. The van der Waals surface area contributed by atoms with E-state index in [4.69, 9.17) is 0 Å². The van der Waals surface area contributed by atoms with Gasteiger partial charge in [-0.15, -0.1) is 0 Å². The van der Waals surface area contributed by atoms with Gasteiger partial charge in [0, 0.05) is 12.1 Å². The lowest BCUT2D eigenvalue weighted by atomic mass is 10.1. The number of H-pyrrole nitrogens is 1. The average molecular weight is 287 g/mol. The molecule has 0 aliphatic rings. The van der Waals surface area contributed by atoms with Crippen molar-refractivity contribution in [2.75, 3.05) is 26.2 Å². The molecule has 2 N–H and O–H groups in total. The molecule has 0 aliphatic heterocycles. The molecule has 0 amide bonds. The molecular formula is C16H25N5. The zero-order valence-electron chi connectivity index (χ0n) is 13.0. The number of aromatic amines is 1. The molecule has 0 saturated carbocycles. The first-order chi connectivity index (χ1) is 10.3. The lowest BCUT2D eigenvalue weighted by Crippen LogP contribution is -2.27. The van der Waals surface area contributed by atoms with E-state index >= 15 is 0 Å². The normalized spacial score (nSPS) is 11.2. The second kappa shape index (κ2) is 8.54. The van der Waals surface area contributed by atoms with E-state index in [0.717, 1.165) is 56.1 Å². The van der Waals surface area contributed by atoms with Crippen LogP contribution in [0.25, 0.3) is 11.3 Å². The molecule has 0 fully saturated rings. The third-order valence-electron chi connectivity index (χ3n) is 3.68. The van der Waals surface area contributed by atoms with Gasteiger partial charge in [0.05, 0.1) is 0 Å². The standard InChI is InChI=1S/C16H25N5/c1-3-21(4-2)12-8-11-17-13-15-16(19-20-18-15)14-9-6-5-7-10-14/h5-7,9-10,17H,3-4,8,11-13H2,1-2H3,(H,18,19,20). The molecule has 0 radical (unpaired) electrons. The van der Waals surface area contributed by atoms with Crippen molar-refractivity contribution in [3.8, 4) is 11.3 Å². The van der Waals surface area contributed by atoms with Crippen LogP contribution >= 0.6 is 0 Å². The first-order valence-corrected chi connectivity index (χ1v) is 7.73. The van der Waals surface area contributed by atoms with Crippen molar-refractivity contribution in [3.63, 3.8) is 0 Å². The molecule has 5 heteroatoms. The fourth-order valence-corrected chi connectivity index (χ4v) is 2.38. The van der Waals surface area contributed by atoms with Crippen LogP contribution in [0.3, 0.4) is 0 Å². The van der Waals surface area contributed by atoms with Crippen LogP contribution in [-0.2, 0) is 6.54 Å². The molecule has 0 bridgehead atoms. The second-order valence-electron chi connectivity index (χ2n) is 5.04. The summed E-state index contributed by atoms with van der Waals surface area (Å²) in [5.41, 5.74) is 3.02. The third-order valence-corrected chi connectivity index (χ3v) is 3.68. The Bertz CT molecular complexity index is 504. The predicted molar refractivity (Wildman–Crippen MR) is 85.9 cm³/mol. The van der Waals surface area contributed by atoms with E-state index in [-0.39, 0.29) is 0 Å². The number of benzene rings is 1. The summed E-state index contributed by atoms with van der Waals surface area (Å²) in [6.07, 6.45) is 1.15. The molecule has 0 unspecified atom stereocenters. The molecule has 114 valence electrons. The SMILES string of the molecule is CCN(CC)CCCNCc1n[nH]nc1-c1ccccc1. The van der Waals surface area contributed by atoms with E-state index in [1.807, 2.05) is 18.2 Å². The number of rotatable bonds is 9. The van der Waals surface area contributed by atoms with E-state index in [2.05, 4.69) is 51.6 Å². The monoisotopic (exact) mass is 287 g/mol. The summed E-state index contributed by atoms with van der Waals surface area (Å²) < 4.78 is 0. The number of nitrogens with one attached hydrogen (secondary N) is 2. The summed E-state index contributed by atoms with van der Waals surface area (Å²) in [6, 6.07) is 10.2. The largest absolute Gasteiger partial charge is 0.311 e. The highest BCUT2D eigenvalue weighted by Gasteiger charge is 2.09. The Hall–Kier alpha value is -1.72. The minimum atomic E-state index is 0.749. The highest BCUT2D eigenvalue weighted by atomic mass is 15.3. The van der Waals surface area contributed by atoms with Gasteiger partial charge in [-0.1, -0.05) is 44.2 Å². The average Bonchev–Trinajstić information content (AvgIpc) is 3.00. The van der Waals surface area contributed by atoms with Crippen molar-refractivity contribution >= 4 is 0 Å². The van der Waals surface area contributed by atoms with Gasteiger partial charge in [-0.05, 0) is 32.6 Å². The summed E-state index contributed by atoms with van der Waals surface area (Å²) in [7, 11) is 0. The van der Waals surface area contributed by atoms with Gasteiger partial charge in [0.15, 0.2) is 0 Å². The molecule has 5 nitrogen and oxygen atoms in total. The van der Waals surface area contributed by atoms with E-state index < -0.39 is 0 Å². The van der Waals surface area contributed by atoms with E-state index in [0.29, 0.717) is 0 Å². The number of hydrogen-bond donors (Lipinski definition) is 2. The Kier molecular flexibility index (Phi) is 6.37. The second-order valence-corrected chi connectivity index (χ2v) is 5.04. The summed E-state index contributed by atoms with van der Waals surface area (Å²) in [5.74, 6) is 0. The van der Waals surface area contributed by atoms with Crippen molar-refractivity contribution in [2.24, 2.45) is 0 Å². The molecule has 0 saturated heterocycles. The molecule has 2 aromatic rings. The zero-order valence-corrected chi connectivity index (χ0v) is 13.0. The van der Waals surface area contributed by atoms with Crippen molar-refractivity contribution in [1.82, 2.24) is 25.6 Å². The smallest absolute Gasteiger partial charge is 0.117 e. The molecular weight excluding hydrogens is 262 g/mol. The maximum Gasteiger partial charge on any atom is 0.117 e.